The van der Waals surface area contributed by atoms with Crippen LogP contribution in [0.3, 0.4) is 0 Å². The normalized spacial score (nSPS) is 10.4. The molecule has 3 aromatic rings. The highest BCUT2D eigenvalue weighted by Gasteiger charge is 2.24. The molecule has 0 amide bonds. The Hall–Kier alpha value is -3.14. The molecule has 0 saturated carbocycles. The Morgan fingerprint density at radius 1 is 1.22 bits per heavy atom. The van der Waals surface area contributed by atoms with Crippen LogP contribution in [0.15, 0.2) is 48.5 Å². The summed E-state index contributed by atoms with van der Waals surface area (Å²) in [6, 6.07) is 16.0. The molecule has 0 unspecified atom stereocenters. The molecule has 0 aliphatic heterocycles. The number of carbonyl (C=O) groups is 1. The SMILES string of the molecule is Cc1ccc(C(=O)c2nn(-c3ccc(Cl)cc3)c(NCCO)c2C#N)cc1. The average molecular weight is 381 g/mol. The molecule has 6 nitrogen and oxygen atoms in total. The number of aryl methyl sites for hydroxylation is 1. The Morgan fingerprint density at radius 2 is 1.89 bits per heavy atom. The van der Waals surface area contributed by atoms with Crippen LogP contribution >= 0.6 is 11.6 Å². The molecule has 0 fully saturated rings. The number of anilines is 1. The Morgan fingerprint density at radius 3 is 2.48 bits per heavy atom. The molecule has 27 heavy (non-hydrogen) atoms. The van der Waals surface area contributed by atoms with E-state index in [1.54, 1.807) is 36.4 Å². The smallest absolute Gasteiger partial charge is 0.214 e. The molecular formula is C20H17ClN4O2. The van der Waals surface area contributed by atoms with Crippen LogP contribution in [0.5, 0.6) is 0 Å². The fourth-order valence-electron chi connectivity index (χ4n) is 2.63. The van der Waals surface area contributed by atoms with E-state index in [4.69, 9.17) is 16.7 Å². The lowest BCUT2D eigenvalue weighted by Gasteiger charge is -2.09. The predicted molar refractivity (Wildman–Crippen MR) is 103 cm³/mol. The van der Waals surface area contributed by atoms with E-state index in [0.717, 1.165) is 5.56 Å². The number of aromatic nitrogens is 2. The lowest BCUT2D eigenvalue weighted by Crippen LogP contribution is -2.11. The number of rotatable bonds is 6. The predicted octanol–water partition coefficient (Wildman–Crippen LogP) is 3.34. The first-order valence-corrected chi connectivity index (χ1v) is 8.68. The molecule has 0 radical (unpaired) electrons. The molecule has 0 aliphatic rings. The van der Waals surface area contributed by atoms with Crippen molar-refractivity contribution in [3.63, 3.8) is 0 Å². The summed E-state index contributed by atoms with van der Waals surface area (Å²) in [6.45, 7) is 2.02. The molecular weight excluding hydrogens is 364 g/mol. The molecule has 0 saturated heterocycles. The Kier molecular flexibility index (Phi) is 5.55. The van der Waals surface area contributed by atoms with Gasteiger partial charge in [0.1, 0.15) is 17.5 Å². The third-order valence-corrected chi connectivity index (χ3v) is 4.25. The van der Waals surface area contributed by atoms with Crippen molar-refractivity contribution in [3.05, 3.63) is 75.9 Å². The van der Waals surface area contributed by atoms with Gasteiger partial charge >= 0.3 is 0 Å². The zero-order valence-electron chi connectivity index (χ0n) is 14.6. The number of nitrogens with one attached hydrogen (secondary N) is 1. The summed E-state index contributed by atoms with van der Waals surface area (Å²) in [7, 11) is 0. The van der Waals surface area contributed by atoms with E-state index in [1.807, 2.05) is 19.1 Å². The lowest BCUT2D eigenvalue weighted by atomic mass is 10.0. The third kappa shape index (κ3) is 3.85. The minimum atomic E-state index is -0.341. The van der Waals surface area contributed by atoms with E-state index in [1.165, 1.54) is 4.68 Å². The second-order valence-electron chi connectivity index (χ2n) is 5.92. The maximum absolute atomic E-state index is 12.9. The van der Waals surface area contributed by atoms with Gasteiger partial charge in [-0.05, 0) is 31.2 Å². The summed E-state index contributed by atoms with van der Waals surface area (Å²) in [5, 5.41) is 26.7. The van der Waals surface area contributed by atoms with Crippen LogP contribution in [-0.4, -0.2) is 33.8 Å². The van der Waals surface area contributed by atoms with Crippen molar-refractivity contribution < 1.29 is 9.90 Å². The van der Waals surface area contributed by atoms with Gasteiger partial charge in [0.25, 0.3) is 0 Å². The van der Waals surface area contributed by atoms with Crippen LogP contribution in [0, 0.1) is 18.3 Å². The molecule has 2 aromatic carbocycles. The lowest BCUT2D eigenvalue weighted by molar-refractivity contribution is 0.103. The van der Waals surface area contributed by atoms with Crippen LogP contribution in [0.2, 0.25) is 5.02 Å². The number of ketones is 1. The Balaban J connectivity index is 2.13. The second-order valence-corrected chi connectivity index (χ2v) is 6.35. The maximum Gasteiger partial charge on any atom is 0.214 e. The summed E-state index contributed by atoms with van der Waals surface area (Å²) >= 11 is 5.94. The largest absolute Gasteiger partial charge is 0.395 e. The number of aliphatic hydroxyl groups excluding tert-OH is 1. The van der Waals surface area contributed by atoms with E-state index >= 15 is 0 Å². The van der Waals surface area contributed by atoms with Gasteiger partial charge in [-0.1, -0.05) is 41.4 Å². The molecule has 1 heterocycles. The minimum absolute atomic E-state index is 0.0525. The molecule has 7 heteroatoms. The monoisotopic (exact) mass is 380 g/mol. The van der Waals surface area contributed by atoms with Crippen molar-refractivity contribution in [3.8, 4) is 11.8 Å². The third-order valence-electron chi connectivity index (χ3n) is 4.00. The first kappa shape index (κ1) is 18.6. The highest BCUT2D eigenvalue weighted by atomic mass is 35.5. The summed E-state index contributed by atoms with van der Waals surface area (Å²) in [5.74, 6) is 0.00986. The van der Waals surface area contributed by atoms with Crippen LogP contribution in [0.25, 0.3) is 5.69 Å². The van der Waals surface area contributed by atoms with E-state index in [9.17, 15) is 10.1 Å². The molecule has 0 aliphatic carbocycles. The van der Waals surface area contributed by atoms with Gasteiger partial charge in [-0.25, -0.2) is 4.68 Å². The maximum atomic E-state index is 12.9. The first-order chi connectivity index (χ1) is 13.0. The van der Waals surface area contributed by atoms with Crippen molar-refractivity contribution in [1.29, 1.82) is 5.26 Å². The van der Waals surface area contributed by atoms with Crippen molar-refractivity contribution in [1.82, 2.24) is 9.78 Å². The number of nitrogens with zero attached hydrogens (tertiary/aromatic N) is 3. The summed E-state index contributed by atoms with van der Waals surface area (Å²) < 4.78 is 1.48. The highest BCUT2D eigenvalue weighted by Crippen LogP contribution is 2.26. The molecule has 0 atom stereocenters. The summed E-state index contributed by atoms with van der Waals surface area (Å²) in [5.41, 5.74) is 2.30. The van der Waals surface area contributed by atoms with Gasteiger partial charge in [0.05, 0.1) is 12.3 Å². The fourth-order valence-corrected chi connectivity index (χ4v) is 2.76. The van der Waals surface area contributed by atoms with E-state index in [0.29, 0.717) is 22.1 Å². The van der Waals surface area contributed by atoms with E-state index in [2.05, 4.69) is 16.5 Å². The van der Waals surface area contributed by atoms with Gasteiger partial charge in [-0.2, -0.15) is 10.4 Å². The Labute approximate surface area is 161 Å². The number of aliphatic hydroxyl groups is 1. The fraction of sp³-hybridized carbons (Fsp3) is 0.150. The summed E-state index contributed by atoms with van der Waals surface area (Å²) in [4.78, 5) is 12.9. The molecule has 2 N–H and O–H groups in total. The topological polar surface area (TPSA) is 90.9 Å². The summed E-state index contributed by atoms with van der Waals surface area (Å²) in [6.07, 6.45) is 0. The zero-order chi connectivity index (χ0) is 19.4. The number of carbonyl (C=O) groups excluding carboxylic acids is 1. The van der Waals surface area contributed by atoms with Crippen molar-refractivity contribution in [2.75, 3.05) is 18.5 Å². The minimum Gasteiger partial charge on any atom is -0.395 e. The van der Waals surface area contributed by atoms with E-state index < -0.39 is 0 Å². The first-order valence-electron chi connectivity index (χ1n) is 8.30. The standard InChI is InChI=1S/C20H17ClN4O2/c1-13-2-4-14(5-3-13)19(27)18-17(12-22)20(23-10-11-26)25(24-18)16-8-6-15(21)7-9-16/h2-9,23,26H,10-11H2,1H3. The van der Waals surface area contributed by atoms with Gasteiger partial charge in [0.2, 0.25) is 5.78 Å². The molecule has 3 rings (SSSR count). The number of hydrogen-bond donors (Lipinski definition) is 2. The van der Waals surface area contributed by atoms with Crippen LogP contribution in [0.4, 0.5) is 5.82 Å². The van der Waals surface area contributed by atoms with Crippen LogP contribution in [0.1, 0.15) is 27.2 Å². The number of halogens is 1. The number of benzene rings is 2. The van der Waals surface area contributed by atoms with Crippen molar-refractivity contribution >= 4 is 23.2 Å². The molecule has 0 spiro atoms. The zero-order valence-corrected chi connectivity index (χ0v) is 15.4. The highest BCUT2D eigenvalue weighted by molar-refractivity contribution is 6.30. The molecule has 1 aromatic heterocycles. The van der Waals surface area contributed by atoms with E-state index in [-0.39, 0.29) is 30.2 Å². The quantitative estimate of drug-likeness (QED) is 0.640. The second kappa shape index (κ2) is 8.04. The van der Waals surface area contributed by atoms with Gasteiger partial charge in [0, 0.05) is 17.1 Å². The molecule has 136 valence electrons. The van der Waals surface area contributed by atoms with Crippen molar-refractivity contribution in [2.45, 2.75) is 6.92 Å². The van der Waals surface area contributed by atoms with Gasteiger partial charge in [0.15, 0.2) is 5.69 Å². The number of hydrogen-bond acceptors (Lipinski definition) is 5. The van der Waals surface area contributed by atoms with Crippen LogP contribution in [-0.2, 0) is 0 Å². The van der Waals surface area contributed by atoms with Crippen LogP contribution < -0.4 is 5.32 Å². The average Bonchev–Trinajstić information content (AvgIpc) is 3.05. The van der Waals surface area contributed by atoms with Gasteiger partial charge in [-0.3, -0.25) is 4.79 Å². The number of nitriles is 1. The Bertz CT molecular complexity index is 1000. The van der Waals surface area contributed by atoms with Gasteiger partial charge in [-0.15, -0.1) is 0 Å². The van der Waals surface area contributed by atoms with Gasteiger partial charge < -0.3 is 10.4 Å². The molecule has 0 bridgehead atoms. The van der Waals surface area contributed by atoms with Crippen molar-refractivity contribution in [2.24, 2.45) is 0 Å².